The van der Waals surface area contributed by atoms with E-state index in [9.17, 15) is 0 Å². The van der Waals surface area contributed by atoms with Crippen molar-refractivity contribution < 1.29 is 9.47 Å². The Kier molecular flexibility index (Phi) is 4.42. The Labute approximate surface area is 166 Å². The average molecular weight is 373 g/mol. The van der Waals surface area contributed by atoms with Gasteiger partial charge < -0.3 is 9.47 Å². The number of rotatable bonds is 7. The standard InChI is InChI=1S/C25H40O2/c1-2-26-15-25-12-18-10-21(13-25)23(22(11-18)14-25)3-4-27-24-19-6-16-5-17(8-19)9-20(24)7-16/h16-24H,2-15H2,1H3. The van der Waals surface area contributed by atoms with Gasteiger partial charge in [-0.2, -0.15) is 0 Å². The highest BCUT2D eigenvalue weighted by Crippen LogP contribution is 2.63. The van der Waals surface area contributed by atoms with Crippen molar-refractivity contribution in [3.05, 3.63) is 0 Å². The second kappa shape index (κ2) is 6.73. The Morgan fingerprint density at radius 3 is 2.00 bits per heavy atom. The molecule has 2 heteroatoms. The lowest BCUT2D eigenvalue weighted by Gasteiger charge is -2.60. The summed E-state index contributed by atoms with van der Waals surface area (Å²) in [6.45, 7) is 5.16. The van der Waals surface area contributed by atoms with Crippen molar-refractivity contribution >= 4 is 0 Å². The van der Waals surface area contributed by atoms with Gasteiger partial charge in [-0.3, -0.25) is 0 Å². The van der Waals surface area contributed by atoms with Crippen molar-refractivity contribution in [2.75, 3.05) is 19.8 Å². The zero-order valence-corrected chi connectivity index (χ0v) is 17.4. The van der Waals surface area contributed by atoms with Crippen molar-refractivity contribution in [3.63, 3.8) is 0 Å². The van der Waals surface area contributed by atoms with Gasteiger partial charge in [0.2, 0.25) is 0 Å². The van der Waals surface area contributed by atoms with Crippen molar-refractivity contribution in [1.29, 1.82) is 0 Å². The Hall–Kier alpha value is -0.0800. The molecule has 0 aliphatic heterocycles. The Morgan fingerprint density at radius 1 is 0.741 bits per heavy atom. The molecule has 0 saturated heterocycles. The van der Waals surface area contributed by atoms with Crippen LogP contribution in [-0.2, 0) is 9.47 Å². The quantitative estimate of drug-likeness (QED) is 0.571. The van der Waals surface area contributed by atoms with Gasteiger partial charge in [-0.25, -0.2) is 0 Å². The fourth-order valence-corrected chi connectivity index (χ4v) is 9.75. The van der Waals surface area contributed by atoms with Crippen LogP contribution in [0, 0.1) is 52.8 Å². The Morgan fingerprint density at radius 2 is 1.37 bits per heavy atom. The molecule has 8 aliphatic carbocycles. The van der Waals surface area contributed by atoms with Crippen LogP contribution in [0.5, 0.6) is 0 Å². The van der Waals surface area contributed by atoms with Gasteiger partial charge in [-0.1, -0.05) is 0 Å². The predicted molar refractivity (Wildman–Crippen MR) is 107 cm³/mol. The maximum absolute atomic E-state index is 6.69. The minimum Gasteiger partial charge on any atom is -0.381 e. The lowest BCUT2D eigenvalue weighted by Crippen LogP contribution is -2.53. The maximum atomic E-state index is 6.69. The van der Waals surface area contributed by atoms with Crippen LogP contribution >= 0.6 is 0 Å². The molecule has 27 heavy (non-hydrogen) atoms. The van der Waals surface area contributed by atoms with Crippen LogP contribution in [0.4, 0.5) is 0 Å². The molecular formula is C25H40O2. The molecule has 0 heterocycles. The first kappa shape index (κ1) is 17.8. The third kappa shape index (κ3) is 3.03. The van der Waals surface area contributed by atoms with Gasteiger partial charge in [0, 0.05) is 13.2 Å². The molecule has 8 bridgehead atoms. The first-order valence-corrected chi connectivity index (χ1v) is 12.4. The van der Waals surface area contributed by atoms with E-state index < -0.39 is 0 Å². The van der Waals surface area contributed by atoms with Gasteiger partial charge in [0.05, 0.1) is 12.7 Å². The van der Waals surface area contributed by atoms with E-state index in [1.807, 2.05) is 0 Å². The molecule has 152 valence electrons. The fraction of sp³-hybridized carbons (Fsp3) is 1.00. The molecule has 0 aromatic heterocycles. The third-order valence-corrected chi connectivity index (χ3v) is 10.1. The monoisotopic (exact) mass is 372 g/mol. The molecular weight excluding hydrogens is 332 g/mol. The van der Waals surface area contributed by atoms with Crippen molar-refractivity contribution in [3.8, 4) is 0 Å². The van der Waals surface area contributed by atoms with Gasteiger partial charge in [0.15, 0.2) is 0 Å². The van der Waals surface area contributed by atoms with Crippen molar-refractivity contribution in [2.24, 2.45) is 52.8 Å². The van der Waals surface area contributed by atoms with Crippen molar-refractivity contribution in [2.45, 2.75) is 83.7 Å². The van der Waals surface area contributed by atoms with Crippen LogP contribution in [0.1, 0.15) is 77.6 Å². The molecule has 0 N–H and O–H groups in total. The van der Waals surface area contributed by atoms with Crippen LogP contribution in [0.3, 0.4) is 0 Å². The highest BCUT2D eigenvalue weighted by Gasteiger charge is 2.55. The molecule has 2 nitrogen and oxygen atoms in total. The third-order valence-electron chi connectivity index (χ3n) is 10.1. The summed E-state index contributed by atoms with van der Waals surface area (Å²) in [4.78, 5) is 0. The van der Waals surface area contributed by atoms with E-state index in [1.54, 1.807) is 6.42 Å². The van der Waals surface area contributed by atoms with E-state index in [1.165, 1.54) is 64.2 Å². The summed E-state index contributed by atoms with van der Waals surface area (Å²) in [6.07, 6.45) is 17.0. The molecule has 8 aliphatic rings. The fourth-order valence-electron chi connectivity index (χ4n) is 9.75. The molecule has 0 aromatic carbocycles. The summed E-state index contributed by atoms with van der Waals surface area (Å²) in [5, 5.41) is 0. The van der Waals surface area contributed by atoms with Gasteiger partial charge >= 0.3 is 0 Å². The minimum absolute atomic E-state index is 0.561. The van der Waals surface area contributed by atoms with Gasteiger partial charge in [-0.15, -0.1) is 0 Å². The van der Waals surface area contributed by atoms with E-state index in [0.29, 0.717) is 11.5 Å². The summed E-state index contributed by atoms with van der Waals surface area (Å²) in [7, 11) is 0. The van der Waals surface area contributed by atoms with Crippen LogP contribution < -0.4 is 0 Å². The lowest BCUT2D eigenvalue weighted by atomic mass is 9.46. The molecule has 0 aromatic rings. The largest absolute Gasteiger partial charge is 0.381 e. The van der Waals surface area contributed by atoms with Crippen LogP contribution in [-0.4, -0.2) is 25.9 Å². The molecule has 0 spiro atoms. The second-order valence-corrected chi connectivity index (χ2v) is 11.8. The summed E-state index contributed by atoms with van der Waals surface area (Å²) in [5.74, 6) is 7.94. The number of hydrogen-bond donors (Lipinski definition) is 0. The van der Waals surface area contributed by atoms with Gasteiger partial charge in [-0.05, 0) is 130 Å². The first-order chi connectivity index (χ1) is 13.2. The Bertz CT molecular complexity index is 513. The van der Waals surface area contributed by atoms with Crippen LogP contribution in [0.25, 0.3) is 0 Å². The lowest BCUT2D eigenvalue weighted by molar-refractivity contribution is -0.148. The summed E-state index contributed by atoms with van der Waals surface area (Å²) in [5.41, 5.74) is 0.561. The van der Waals surface area contributed by atoms with Crippen LogP contribution in [0.15, 0.2) is 0 Å². The molecule has 2 atom stereocenters. The Balaban J connectivity index is 1.05. The van der Waals surface area contributed by atoms with Gasteiger partial charge in [0.25, 0.3) is 0 Å². The normalized spacial score (nSPS) is 54.8. The molecule has 8 fully saturated rings. The maximum Gasteiger partial charge on any atom is 0.0631 e. The summed E-state index contributed by atoms with van der Waals surface area (Å²) >= 11 is 0. The SMILES string of the molecule is CCOCC12CC3CC(C1)C(CCOC1C4CC5CC(C4)CC1C5)C(C3)C2. The smallest absolute Gasteiger partial charge is 0.0631 e. The molecule has 2 unspecified atom stereocenters. The van der Waals surface area contributed by atoms with Gasteiger partial charge in [0.1, 0.15) is 0 Å². The van der Waals surface area contributed by atoms with E-state index in [-0.39, 0.29) is 0 Å². The summed E-state index contributed by atoms with van der Waals surface area (Å²) in [6, 6.07) is 0. The molecule has 8 rings (SSSR count). The van der Waals surface area contributed by atoms with E-state index in [2.05, 4.69) is 6.92 Å². The molecule has 0 amide bonds. The van der Waals surface area contributed by atoms with E-state index in [4.69, 9.17) is 9.47 Å². The zero-order chi connectivity index (χ0) is 18.0. The van der Waals surface area contributed by atoms with E-state index in [0.717, 1.165) is 67.2 Å². The zero-order valence-electron chi connectivity index (χ0n) is 17.4. The number of ether oxygens (including phenoxy) is 2. The predicted octanol–water partition coefficient (Wildman–Crippen LogP) is 5.70. The van der Waals surface area contributed by atoms with E-state index >= 15 is 0 Å². The summed E-state index contributed by atoms with van der Waals surface area (Å²) < 4.78 is 12.6. The highest BCUT2D eigenvalue weighted by atomic mass is 16.5. The van der Waals surface area contributed by atoms with Crippen LogP contribution in [0.2, 0.25) is 0 Å². The number of hydrogen-bond acceptors (Lipinski definition) is 2. The molecule has 0 radical (unpaired) electrons. The average Bonchev–Trinajstić information content (AvgIpc) is 2.63. The van der Waals surface area contributed by atoms with Crippen molar-refractivity contribution in [1.82, 2.24) is 0 Å². The molecule has 8 saturated carbocycles. The topological polar surface area (TPSA) is 18.5 Å². The second-order valence-electron chi connectivity index (χ2n) is 11.8. The minimum atomic E-state index is 0.561. The first-order valence-electron chi connectivity index (χ1n) is 12.4. The highest BCUT2D eigenvalue weighted by molar-refractivity contribution is 5.05.